The second kappa shape index (κ2) is 2.94. The zero-order valence-corrected chi connectivity index (χ0v) is 6.08. The number of hydrogen-bond acceptors (Lipinski definition) is 3. The van der Waals surface area contributed by atoms with Crippen molar-refractivity contribution < 1.29 is 19.4 Å². The summed E-state index contributed by atoms with van der Waals surface area (Å²) in [5.41, 5.74) is 0. The molecule has 1 atom stereocenters. The predicted octanol–water partition coefficient (Wildman–Crippen LogP) is 1.05. The van der Waals surface area contributed by atoms with E-state index >= 15 is 0 Å². The summed E-state index contributed by atoms with van der Waals surface area (Å²) in [6.45, 7) is 0. The quantitative estimate of drug-likeness (QED) is 0.707. The van der Waals surface area contributed by atoms with Crippen LogP contribution in [0.25, 0.3) is 0 Å². The molecule has 0 saturated heterocycles. The first-order valence-electron chi connectivity index (χ1n) is 2.77. The maximum Gasteiger partial charge on any atom is 0.340 e. The fraction of sp³-hybridized carbons (Fsp3) is 0.167. The van der Waals surface area contributed by atoms with Crippen LogP contribution in [0.5, 0.6) is 0 Å². The van der Waals surface area contributed by atoms with E-state index in [0.29, 0.717) is 0 Å². The summed E-state index contributed by atoms with van der Waals surface area (Å²) in [7, 11) is 0. The summed E-state index contributed by atoms with van der Waals surface area (Å²) in [4.78, 5) is 10.2. The molecule has 5 heteroatoms. The second-order valence-electron chi connectivity index (χ2n) is 1.88. The van der Waals surface area contributed by atoms with Crippen molar-refractivity contribution in [1.82, 2.24) is 0 Å². The molecule has 0 aliphatic rings. The highest BCUT2D eigenvalue weighted by molar-refractivity contribution is 6.28. The smallest absolute Gasteiger partial charge is 0.340 e. The van der Waals surface area contributed by atoms with Crippen molar-refractivity contribution in [1.29, 1.82) is 0 Å². The third-order valence-electron chi connectivity index (χ3n) is 1.10. The van der Waals surface area contributed by atoms with Gasteiger partial charge in [-0.3, -0.25) is 0 Å². The van der Waals surface area contributed by atoms with Crippen LogP contribution in [0.4, 0.5) is 0 Å². The Morgan fingerprint density at radius 3 is 2.64 bits per heavy atom. The number of aliphatic carboxylic acids is 1. The van der Waals surface area contributed by atoms with Crippen molar-refractivity contribution in [3.63, 3.8) is 0 Å². The Morgan fingerprint density at radius 2 is 2.27 bits per heavy atom. The molecule has 1 aromatic rings. The molecule has 0 aliphatic carbocycles. The van der Waals surface area contributed by atoms with Crippen LogP contribution in [0.15, 0.2) is 16.5 Å². The molecule has 0 fully saturated rings. The lowest BCUT2D eigenvalue weighted by Gasteiger charge is -1.98. The Bertz CT molecular complexity index is 267. The van der Waals surface area contributed by atoms with Crippen molar-refractivity contribution >= 4 is 17.6 Å². The van der Waals surface area contributed by atoms with Crippen LogP contribution >= 0.6 is 11.6 Å². The molecule has 11 heavy (non-hydrogen) atoms. The SMILES string of the molecule is O=C(O)C(O)c1ccc(Cl)o1. The van der Waals surface area contributed by atoms with Crippen LogP contribution in [-0.4, -0.2) is 16.2 Å². The number of rotatable bonds is 2. The van der Waals surface area contributed by atoms with Gasteiger partial charge in [0.2, 0.25) is 6.10 Å². The van der Waals surface area contributed by atoms with Gasteiger partial charge in [-0.25, -0.2) is 4.79 Å². The third-order valence-corrected chi connectivity index (χ3v) is 1.30. The molecule has 1 aromatic heterocycles. The van der Waals surface area contributed by atoms with Gasteiger partial charge < -0.3 is 14.6 Å². The molecule has 0 radical (unpaired) electrons. The van der Waals surface area contributed by atoms with E-state index in [0.717, 1.165) is 0 Å². The molecule has 4 nitrogen and oxygen atoms in total. The van der Waals surface area contributed by atoms with Gasteiger partial charge in [-0.1, -0.05) is 0 Å². The lowest BCUT2D eigenvalue weighted by molar-refractivity contribution is -0.147. The van der Waals surface area contributed by atoms with E-state index in [2.05, 4.69) is 4.42 Å². The summed E-state index contributed by atoms with van der Waals surface area (Å²) in [6, 6.07) is 2.67. The highest BCUT2D eigenvalue weighted by Crippen LogP contribution is 2.19. The fourth-order valence-corrected chi connectivity index (χ4v) is 0.749. The van der Waals surface area contributed by atoms with Gasteiger partial charge in [-0.2, -0.15) is 0 Å². The third kappa shape index (κ3) is 1.72. The van der Waals surface area contributed by atoms with Crippen molar-refractivity contribution in [2.45, 2.75) is 6.10 Å². The molecule has 1 unspecified atom stereocenters. The zero-order chi connectivity index (χ0) is 8.43. The molecule has 0 amide bonds. The lowest BCUT2D eigenvalue weighted by atomic mass is 10.3. The minimum atomic E-state index is -1.64. The topological polar surface area (TPSA) is 70.7 Å². The largest absolute Gasteiger partial charge is 0.479 e. The van der Waals surface area contributed by atoms with E-state index in [1.54, 1.807) is 0 Å². The molecule has 60 valence electrons. The molecular formula is C6H5ClO4. The number of aliphatic hydroxyl groups is 1. The Hall–Kier alpha value is -1.00. The van der Waals surface area contributed by atoms with Gasteiger partial charge >= 0.3 is 5.97 Å². The van der Waals surface area contributed by atoms with E-state index in [9.17, 15) is 4.79 Å². The zero-order valence-electron chi connectivity index (χ0n) is 5.32. The number of carboxylic acid groups (broad SMARTS) is 1. The van der Waals surface area contributed by atoms with Gasteiger partial charge in [0.05, 0.1) is 0 Å². The number of furan rings is 1. The van der Waals surface area contributed by atoms with Crippen molar-refractivity contribution in [3.05, 3.63) is 23.1 Å². The summed E-state index contributed by atoms with van der Waals surface area (Å²) < 4.78 is 4.64. The molecule has 0 aliphatic heterocycles. The first-order valence-corrected chi connectivity index (χ1v) is 3.15. The van der Waals surface area contributed by atoms with Crippen LogP contribution in [0.3, 0.4) is 0 Å². The number of hydrogen-bond donors (Lipinski definition) is 2. The molecular weight excluding hydrogens is 172 g/mol. The Balaban J connectivity index is 2.84. The maximum atomic E-state index is 10.2. The summed E-state index contributed by atoms with van der Waals surface area (Å²) in [5, 5.41) is 17.2. The monoisotopic (exact) mass is 176 g/mol. The van der Waals surface area contributed by atoms with Gasteiger partial charge in [-0.15, -0.1) is 0 Å². The van der Waals surface area contributed by atoms with Crippen molar-refractivity contribution in [2.24, 2.45) is 0 Å². The number of aliphatic hydroxyl groups excluding tert-OH is 1. The molecule has 0 spiro atoms. The van der Waals surface area contributed by atoms with Crippen molar-refractivity contribution in [3.8, 4) is 0 Å². The highest BCUT2D eigenvalue weighted by Gasteiger charge is 2.19. The molecule has 1 heterocycles. The van der Waals surface area contributed by atoms with Gasteiger partial charge in [0.15, 0.2) is 5.22 Å². The van der Waals surface area contributed by atoms with E-state index < -0.39 is 12.1 Å². The fourth-order valence-electron chi connectivity index (χ4n) is 0.597. The first-order chi connectivity index (χ1) is 5.11. The number of carbonyl (C=O) groups is 1. The molecule has 0 saturated carbocycles. The van der Waals surface area contributed by atoms with Gasteiger partial charge in [0, 0.05) is 0 Å². The number of carboxylic acids is 1. The standard InChI is InChI=1S/C6H5ClO4/c7-4-2-1-3(11-4)5(8)6(9)10/h1-2,5,8H,(H,9,10). The molecule has 1 rings (SSSR count). The molecule has 0 bridgehead atoms. The second-order valence-corrected chi connectivity index (χ2v) is 2.26. The minimum absolute atomic E-state index is 0.0558. The van der Waals surface area contributed by atoms with E-state index in [1.165, 1.54) is 12.1 Å². The Kier molecular flexibility index (Phi) is 2.16. The van der Waals surface area contributed by atoms with Crippen LogP contribution in [0, 0.1) is 0 Å². The summed E-state index contributed by atoms with van der Waals surface area (Å²) >= 11 is 5.34. The predicted molar refractivity (Wildman–Crippen MR) is 36.3 cm³/mol. The first kappa shape index (κ1) is 8.10. The maximum absolute atomic E-state index is 10.2. The lowest BCUT2D eigenvalue weighted by Crippen LogP contribution is -2.08. The van der Waals surface area contributed by atoms with Crippen molar-refractivity contribution in [2.75, 3.05) is 0 Å². The van der Waals surface area contributed by atoms with Gasteiger partial charge in [-0.05, 0) is 23.7 Å². The molecule has 0 aromatic carbocycles. The normalized spacial score (nSPS) is 12.9. The van der Waals surface area contributed by atoms with Crippen LogP contribution in [-0.2, 0) is 4.79 Å². The van der Waals surface area contributed by atoms with E-state index in [4.69, 9.17) is 21.8 Å². The number of halogens is 1. The van der Waals surface area contributed by atoms with Crippen LogP contribution in [0.1, 0.15) is 11.9 Å². The van der Waals surface area contributed by atoms with Crippen LogP contribution < -0.4 is 0 Å². The average molecular weight is 177 g/mol. The Morgan fingerprint density at radius 1 is 1.64 bits per heavy atom. The highest BCUT2D eigenvalue weighted by atomic mass is 35.5. The summed E-state index contributed by atoms with van der Waals surface area (Å²) in [5.74, 6) is -1.43. The summed E-state index contributed by atoms with van der Waals surface area (Å²) in [6.07, 6.45) is -1.64. The van der Waals surface area contributed by atoms with E-state index in [1.807, 2.05) is 0 Å². The Labute approximate surface area is 67.0 Å². The minimum Gasteiger partial charge on any atom is -0.479 e. The van der Waals surface area contributed by atoms with E-state index in [-0.39, 0.29) is 11.0 Å². The molecule has 2 N–H and O–H groups in total. The average Bonchev–Trinajstić information content (AvgIpc) is 2.34. The van der Waals surface area contributed by atoms with Gasteiger partial charge in [0.25, 0.3) is 0 Å². The van der Waals surface area contributed by atoms with Gasteiger partial charge in [0.1, 0.15) is 5.76 Å². The van der Waals surface area contributed by atoms with Crippen LogP contribution in [0.2, 0.25) is 5.22 Å².